The summed E-state index contributed by atoms with van der Waals surface area (Å²) in [5, 5.41) is 22.5. The number of hydrogen-bond donors (Lipinski definition) is 1. The number of thioether (sulfide) groups is 1. The molecule has 0 aromatic carbocycles. The fourth-order valence-electron chi connectivity index (χ4n) is 4.68. The maximum Gasteiger partial charge on any atom is 0.222 e. The second-order valence-corrected chi connectivity index (χ2v) is 8.96. The molecule has 3 atom stereocenters. The van der Waals surface area contributed by atoms with Crippen LogP contribution in [0, 0.1) is 27.2 Å². The minimum Gasteiger partial charge on any atom is -0.612 e. The Morgan fingerprint density at radius 3 is 2.43 bits per heavy atom. The van der Waals surface area contributed by atoms with Crippen molar-refractivity contribution in [2.75, 3.05) is 0 Å². The van der Waals surface area contributed by atoms with Gasteiger partial charge in [0.1, 0.15) is 5.03 Å². The van der Waals surface area contributed by atoms with E-state index in [0.29, 0.717) is 5.92 Å². The molecule has 3 aliphatic carbocycles. The van der Waals surface area contributed by atoms with Crippen LogP contribution in [0.2, 0.25) is 0 Å². The predicted molar refractivity (Wildman–Crippen MR) is 91.1 cm³/mol. The van der Waals surface area contributed by atoms with Crippen LogP contribution in [0.4, 0.5) is 0 Å². The molecular weight excluding hydrogens is 312 g/mol. The van der Waals surface area contributed by atoms with E-state index >= 15 is 0 Å². The lowest BCUT2D eigenvalue weighted by Gasteiger charge is -2.43. The van der Waals surface area contributed by atoms with E-state index in [1.807, 2.05) is 0 Å². The molecule has 2 bridgehead atoms. The van der Waals surface area contributed by atoms with Crippen LogP contribution < -0.4 is 5.48 Å². The van der Waals surface area contributed by atoms with Crippen molar-refractivity contribution in [3.05, 3.63) is 45.3 Å². The molecule has 4 aliphatic rings. The van der Waals surface area contributed by atoms with Crippen molar-refractivity contribution in [1.82, 2.24) is 5.48 Å². The summed E-state index contributed by atoms with van der Waals surface area (Å²) in [5.41, 5.74) is 4.57. The first kappa shape index (κ1) is 15.1. The van der Waals surface area contributed by atoms with E-state index in [4.69, 9.17) is 4.84 Å². The van der Waals surface area contributed by atoms with Crippen molar-refractivity contribution >= 4 is 17.5 Å². The van der Waals surface area contributed by atoms with Crippen LogP contribution in [0.5, 0.6) is 0 Å². The molecule has 3 fully saturated rings. The molecule has 1 saturated heterocycles. The summed E-state index contributed by atoms with van der Waals surface area (Å²) >= 11 is 1.77. The Labute approximate surface area is 140 Å². The van der Waals surface area contributed by atoms with Crippen molar-refractivity contribution in [2.24, 2.45) is 16.7 Å². The first-order chi connectivity index (χ1) is 10.8. The average molecular weight is 333 g/mol. The minimum absolute atomic E-state index is 0.112. The van der Waals surface area contributed by atoms with Gasteiger partial charge in [0.25, 0.3) is 0 Å². The Kier molecular flexibility index (Phi) is 3.01. The Balaban J connectivity index is 1.65. The van der Waals surface area contributed by atoms with Gasteiger partial charge in [-0.2, -0.15) is 4.90 Å². The van der Waals surface area contributed by atoms with Crippen molar-refractivity contribution in [2.45, 2.75) is 45.0 Å². The summed E-state index contributed by atoms with van der Waals surface area (Å²) < 4.78 is 0. The quantitative estimate of drug-likeness (QED) is 0.542. The normalized spacial score (nSPS) is 40.3. The zero-order valence-corrected chi connectivity index (χ0v) is 14.4. The van der Waals surface area contributed by atoms with Crippen LogP contribution in [0.25, 0.3) is 0 Å². The van der Waals surface area contributed by atoms with Crippen LogP contribution >= 0.6 is 11.8 Å². The highest BCUT2D eigenvalue weighted by molar-refractivity contribution is 8.04. The van der Waals surface area contributed by atoms with Gasteiger partial charge >= 0.3 is 0 Å². The largest absolute Gasteiger partial charge is 0.612 e. The van der Waals surface area contributed by atoms with Crippen LogP contribution in [0.3, 0.4) is 0 Å². The van der Waals surface area contributed by atoms with Gasteiger partial charge in [0.15, 0.2) is 4.93 Å². The number of allylic oxidation sites excluding steroid dienone is 5. The molecule has 1 aliphatic heterocycles. The Morgan fingerprint density at radius 2 is 1.91 bits per heavy atom. The molecule has 1 spiro atoms. The second-order valence-electron chi connectivity index (χ2n) is 7.69. The molecule has 124 valence electrons. The van der Waals surface area contributed by atoms with Gasteiger partial charge in [0.05, 0.1) is 0 Å². The smallest absolute Gasteiger partial charge is 0.222 e. The second kappa shape index (κ2) is 4.57. The van der Waals surface area contributed by atoms with E-state index in [1.165, 1.54) is 12.8 Å². The van der Waals surface area contributed by atoms with Crippen molar-refractivity contribution in [3.8, 4) is 0 Å². The van der Waals surface area contributed by atoms with E-state index in [0.717, 1.165) is 17.0 Å². The third-order valence-corrected chi connectivity index (χ3v) is 8.26. The van der Waals surface area contributed by atoms with Gasteiger partial charge in [0.2, 0.25) is 5.71 Å². The summed E-state index contributed by atoms with van der Waals surface area (Å²) in [4.78, 5) is 5.56. The standard InChI is InChI=1S/C17H21N2O3S/c1-15(2)12-8-9-16(15,3)17(10-12)22-18-14(23-17)11-4-6-13(7-5-11)19(20)21/h4-7,12,18H,8-10H2,1-3H3/q-1/t12-,16-,17-/m1/s1. The first-order valence-corrected chi connectivity index (χ1v) is 8.86. The lowest BCUT2D eigenvalue weighted by molar-refractivity contribution is -0.377. The average Bonchev–Trinajstić information content (AvgIpc) is 3.08. The number of nitrogens with zero attached hydrogens (tertiary/aromatic N) is 1. The number of rotatable bonds is 0. The number of hydrogen-bond acceptors (Lipinski definition) is 5. The van der Waals surface area contributed by atoms with Crippen molar-refractivity contribution < 1.29 is 9.74 Å². The molecule has 2 saturated carbocycles. The van der Waals surface area contributed by atoms with Crippen LogP contribution in [-0.2, 0) is 4.84 Å². The van der Waals surface area contributed by atoms with Gasteiger partial charge in [0, 0.05) is 23.1 Å². The molecule has 4 rings (SSSR count). The SMILES string of the molecule is CC1(C)[C@@H]2CC[C@@]1(C)[C@]1(C2)ONC(=C2C=CC(=[N+]([O-])[O-])C=C2)S1. The van der Waals surface area contributed by atoms with E-state index in [1.54, 1.807) is 36.1 Å². The van der Waals surface area contributed by atoms with Gasteiger partial charge in [-0.25, -0.2) is 0 Å². The highest BCUT2D eigenvalue weighted by Crippen LogP contribution is 2.75. The molecule has 5 nitrogen and oxygen atoms in total. The Bertz CT molecular complexity index is 672. The monoisotopic (exact) mass is 333 g/mol. The number of nitrogens with one attached hydrogen (secondary N) is 1. The van der Waals surface area contributed by atoms with E-state index in [-0.39, 0.29) is 26.4 Å². The van der Waals surface area contributed by atoms with E-state index < -0.39 is 0 Å². The van der Waals surface area contributed by atoms with Crippen molar-refractivity contribution in [3.63, 3.8) is 0 Å². The lowest BCUT2D eigenvalue weighted by atomic mass is 9.69. The highest BCUT2D eigenvalue weighted by Gasteiger charge is 2.72. The number of hydroxylamine groups is 1. The lowest BCUT2D eigenvalue weighted by Crippen LogP contribution is -2.45. The van der Waals surface area contributed by atoms with Gasteiger partial charge < -0.3 is 10.4 Å². The Hall–Kier alpha value is -1.40. The molecule has 0 radical (unpaired) electrons. The van der Waals surface area contributed by atoms with Gasteiger partial charge in [-0.15, -0.1) is 0 Å². The van der Waals surface area contributed by atoms with Crippen LogP contribution in [-0.4, -0.2) is 15.5 Å². The fraction of sp³-hybridized carbons (Fsp3) is 0.588. The number of fused-ring (bicyclic) bond motifs is 3. The van der Waals surface area contributed by atoms with Crippen LogP contribution in [0.1, 0.15) is 40.0 Å². The zero-order valence-electron chi connectivity index (χ0n) is 13.6. The molecule has 1 N–H and O–H groups in total. The van der Waals surface area contributed by atoms with Crippen molar-refractivity contribution in [1.29, 1.82) is 0 Å². The molecule has 0 aromatic heterocycles. The molecular formula is C17H21N2O3S-. The fourth-order valence-corrected chi connectivity index (χ4v) is 6.31. The zero-order chi connectivity index (χ0) is 16.5. The summed E-state index contributed by atoms with van der Waals surface area (Å²) in [5.74, 6) is 0.693. The highest BCUT2D eigenvalue weighted by atomic mass is 32.2. The third kappa shape index (κ3) is 1.82. The van der Waals surface area contributed by atoms with Gasteiger partial charge in [-0.1, -0.05) is 32.5 Å². The van der Waals surface area contributed by atoms with E-state index in [2.05, 4.69) is 26.3 Å². The van der Waals surface area contributed by atoms with E-state index in [9.17, 15) is 10.4 Å². The molecule has 23 heavy (non-hydrogen) atoms. The summed E-state index contributed by atoms with van der Waals surface area (Å²) in [6, 6.07) is 0. The Morgan fingerprint density at radius 1 is 1.22 bits per heavy atom. The molecule has 6 heteroatoms. The summed E-state index contributed by atoms with van der Waals surface area (Å²) in [7, 11) is 0. The predicted octanol–water partition coefficient (Wildman–Crippen LogP) is 3.58. The maximum atomic E-state index is 10.8. The maximum absolute atomic E-state index is 10.8. The van der Waals surface area contributed by atoms with Crippen LogP contribution in [0.15, 0.2) is 34.9 Å². The molecule has 0 aromatic rings. The summed E-state index contributed by atoms with van der Waals surface area (Å²) in [6.07, 6.45) is 10.2. The van der Waals surface area contributed by atoms with Gasteiger partial charge in [-0.05, 0) is 42.7 Å². The molecule has 0 amide bonds. The minimum atomic E-state index is -0.374. The third-order valence-electron chi connectivity index (χ3n) is 6.71. The first-order valence-electron chi connectivity index (χ1n) is 8.04. The van der Waals surface area contributed by atoms with Gasteiger partial charge in [-0.3, -0.25) is 10.3 Å². The topological polar surface area (TPSA) is 70.4 Å². The molecule has 1 heterocycles. The summed E-state index contributed by atoms with van der Waals surface area (Å²) in [6.45, 7) is 7.09. The molecule has 0 unspecified atom stereocenters.